The number of nitrogens with zero attached hydrogens (tertiary/aromatic N) is 3. The average Bonchev–Trinajstić information content (AvgIpc) is 3.72. The summed E-state index contributed by atoms with van der Waals surface area (Å²) in [6.07, 6.45) is 0. The van der Waals surface area contributed by atoms with E-state index in [2.05, 4.69) is 133 Å². The van der Waals surface area contributed by atoms with Crippen LogP contribution in [0.5, 0.6) is 0 Å². The Labute approximate surface area is 284 Å². The maximum Gasteiger partial charge on any atom is 0.165 e. The Morgan fingerprint density at radius 2 is 0.979 bits per heavy atom. The van der Waals surface area contributed by atoms with Crippen LogP contribution in [0.1, 0.15) is 0 Å². The topological polar surface area (TPSA) is 38.7 Å². The molecule has 0 amide bonds. The molecule has 0 aliphatic carbocycles. The lowest BCUT2D eigenvalue weighted by Gasteiger charge is -2.09. The van der Waals surface area contributed by atoms with Gasteiger partial charge in [0, 0.05) is 57.0 Å². The zero-order chi connectivity index (χ0) is 31.6. The van der Waals surface area contributed by atoms with Gasteiger partial charge < -0.3 is 0 Å². The molecule has 0 fully saturated rings. The minimum atomic E-state index is 0.670. The van der Waals surface area contributed by atoms with E-state index in [1.54, 1.807) is 22.7 Å². The van der Waals surface area contributed by atoms with E-state index >= 15 is 0 Å². The Hall–Kier alpha value is -5.75. The molecule has 0 radical (unpaired) electrons. The van der Waals surface area contributed by atoms with Gasteiger partial charge in [0.15, 0.2) is 17.5 Å². The number of aromatic nitrogens is 3. The number of benzene rings is 7. The Morgan fingerprint density at radius 1 is 0.333 bits per heavy atom. The van der Waals surface area contributed by atoms with Gasteiger partial charge in [-0.25, -0.2) is 15.0 Å². The van der Waals surface area contributed by atoms with E-state index in [0.717, 1.165) is 16.7 Å². The minimum absolute atomic E-state index is 0.670. The fourth-order valence-corrected chi connectivity index (χ4v) is 9.16. The van der Waals surface area contributed by atoms with Crippen LogP contribution in [-0.2, 0) is 0 Å². The third-order valence-electron chi connectivity index (χ3n) is 9.14. The molecule has 0 saturated heterocycles. The summed E-state index contributed by atoms with van der Waals surface area (Å²) < 4.78 is 4.93. The van der Waals surface area contributed by atoms with E-state index < -0.39 is 0 Å². The number of thiophene rings is 2. The fraction of sp³-hybridized carbons (Fsp3) is 0. The van der Waals surface area contributed by atoms with Crippen molar-refractivity contribution in [1.82, 2.24) is 15.0 Å². The molecule has 0 spiro atoms. The van der Waals surface area contributed by atoms with Gasteiger partial charge >= 0.3 is 0 Å². The zero-order valence-corrected chi connectivity index (χ0v) is 27.2. The molecule has 0 saturated carbocycles. The molecule has 3 aromatic heterocycles. The summed E-state index contributed by atoms with van der Waals surface area (Å²) >= 11 is 3.61. The third-order valence-corrected chi connectivity index (χ3v) is 11.5. The van der Waals surface area contributed by atoms with Crippen molar-refractivity contribution in [2.24, 2.45) is 0 Å². The Morgan fingerprint density at radius 3 is 1.90 bits per heavy atom. The lowest BCUT2D eigenvalue weighted by Crippen LogP contribution is -2.00. The van der Waals surface area contributed by atoms with Crippen LogP contribution in [0.25, 0.3) is 96.4 Å². The lowest BCUT2D eigenvalue weighted by molar-refractivity contribution is 1.08. The first kappa shape index (κ1) is 27.4. The number of hydrogen-bond acceptors (Lipinski definition) is 5. The lowest BCUT2D eigenvalue weighted by atomic mass is 9.97. The van der Waals surface area contributed by atoms with Gasteiger partial charge in [-0.3, -0.25) is 0 Å². The van der Waals surface area contributed by atoms with Crippen LogP contribution < -0.4 is 0 Å². The Bertz CT molecular complexity index is 2840. The van der Waals surface area contributed by atoms with Crippen molar-refractivity contribution >= 4 is 73.8 Å². The maximum absolute atomic E-state index is 5.17. The molecule has 3 heterocycles. The number of hydrogen-bond donors (Lipinski definition) is 0. The van der Waals surface area contributed by atoms with Crippen LogP contribution >= 0.6 is 22.7 Å². The summed E-state index contributed by atoms with van der Waals surface area (Å²) in [5, 5.41) is 7.51. The highest BCUT2D eigenvalue weighted by atomic mass is 32.1. The molecule has 5 heteroatoms. The van der Waals surface area contributed by atoms with Crippen LogP contribution in [0.15, 0.2) is 152 Å². The van der Waals surface area contributed by atoms with Gasteiger partial charge in [0.25, 0.3) is 0 Å². The standard InChI is InChI=1S/C43H25N3S2/c1-2-11-27(12-3-1)41-44-42(29-20-22-33-32-15-6-7-19-37(32)47-39(33)25-29)46-43(45-41)35-18-9-17-34-36-24-28(21-23-38(36)48-40(34)35)31-16-8-13-26-10-4-5-14-30(26)31/h1-25H. The van der Waals surface area contributed by atoms with Crippen molar-refractivity contribution in [3.05, 3.63) is 152 Å². The quantitative estimate of drug-likeness (QED) is 0.191. The van der Waals surface area contributed by atoms with E-state index in [4.69, 9.17) is 15.0 Å². The summed E-state index contributed by atoms with van der Waals surface area (Å²) in [6, 6.07) is 53.8. The van der Waals surface area contributed by atoms with E-state index in [0.29, 0.717) is 17.5 Å². The molecule has 0 atom stereocenters. The van der Waals surface area contributed by atoms with E-state index in [9.17, 15) is 0 Å². The monoisotopic (exact) mass is 647 g/mol. The maximum atomic E-state index is 5.17. The molecule has 0 N–H and O–H groups in total. The Kier molecular flexibility index (Phi) is 6.22. The molecule has 10 aromatic rings. The highest BCUT2D eigenvalue weighted by Crippen LogP contribution is 2.42. The highest BCUT2D eigenvalue weighted by molar-refractivity contribution is 7.26. The van der Waals surface area contributed by atoms with Crippen LogP contribution in [-0.4, -0.2) is 15.0 Å². The smallest absolute Gasteiger partial charge is 0.165 e. The summed E-state index contributed by atoms with van der Waals surface area (Å²) in [7, 11) is 0. The van der Waals surface area contributed by atoms with Crippen molar-refractivity contribution in [2.45, 2.75) is 0 Å². The van der Waals surface area contributed by atoms with Gasteiger partial charge in [-0.1, -0.05) is 121 Å². The third kappa shape index (κ3) is 4.43. The fourth-order valence-electron chi connectivity index (χ4n) is 6.83. The van der Waals surface area contributed by atoms with Gasteiger partial charge in [-0.15, -0.1) is 22.7 Å². The summed E-state index contributed by atoms with van der Waals surface area (Å²) in [5.41, 5.74) is 5.43. The Balaban J connectivity index is 1.16. The van der Waals surface area contributed by atoms with Crippen LogP contribution in [0.4, 0.5) is 0 Å². The van der Waals surface area contributed by atoms with Crippen molar-refractivity contribution < 1.29 is 0 Å². The van der Waals surface area contributed by atoms with Crippen molar-refractivity contribution in [3.8, 4) is 45.3 Å². The molecule has 10 rings (SSSR count). The molecule has 3 nitrogen and oxygen atoms in total. The largest absolute Gasteiger partial charge is 0.208 e. The molecule has 48 heavy (non-hydrogen) atoms. The van der Waals surface area contributed by atoms with Crippen LogP contribution in [0.3, 0.4) is 0 Å². The van der Waals surface area contributed by atoms with Gasteiger partial charge in [-0.2, -0.15) is 0 Å². The SMILES string of the molecule is c1ccc(-c2nc(-c3ccc4c(c3)sc3ccccc34)nc(-c3cccc4c3sc3ccc(-c5cccc6ccccc56)cc34)n2)cc1. The second-order valence-corrected chi connectivity index (χ2v) is 14.1. The molecule has 224 valence electrons. The molecule has 0 aliphatic rings. The normalized spacial score (nSPS) is 11.8. The van der Waals surface area contributed by atoms with Crippen molar-refractivity contribution in [1.29, 1.82) is 0 Å². The first-order valence-electron chi connectivity index (χ1n) is 15.9. The van der Waals surface area contributed by atoms with Crippen LogP contribution in [0, 0.1) is 0 Å². The summed E-state index contributed by atoms with van der Waals surface area (Å²) in [5.74, 6) is 2.03. The first-order chi connectivity index (χ1) is 23.8. The molecule has 0 unspecified atom stereocenters. The predicted octanol–water partition coefficient (Wildman–Crippen LogP) is 12.4. The zero-order valence-electron chi connectivity index (χ0n) is 25.6. The van der Waals surface area contributed by atoms with Gasteiger partial charge in [-0.05, 0) is 52.2 Å². The van der Waals surface area contributed by atoms with E-state index in [1.807, 2.05) is 18.2 Å². The predicted molar refractivity (Wildman–Crippen MR) is 205 cm³/mol. The van der Waals surface area contributed by atoms with E-state index in [1.165, 1.54) is 62.2 Å². The summed E-state index contributed by atoms with van der Waals surface area (Å²) in [6.45, 7) is 0. The van der Waals surface area contributed by atoms with Crippen molar-refractivity contribution in [2.75, 3.05) is 0 Å². The molecule has 0 aliphatic heterocycles. The van der Waals surface area contributed by atoms with Crippen LogP contribution in [0.2, 0.25) is 0 Å². The molecular formula is C43H25N3S2. The first-order valence-corrected chi connectivity index (χ1v) is 17.6. The van der Waals surface area contributed by atoms with Gasteiger partial charge in [0.05, 0.1) is 0 Å². The molecule has 0 bridgehead atoms. The number of fused-ring (bicyclic) bond motifs is 7. The van der Waals surface area contributed by atoms with E-state index in [-0.39, 0.29) is 0 Å². The molecular weight excluding hydrogens is 623 g/mol. The second-order valence-electron chi connectivity index (χ2n) is 12.0. The van der Waals surface area contributed by atoms with Gasteiger partial charge in [0.2, 0.25) is 0 Å². The number of rotatable bonds is 4. The molecule has 7 aromatic carbocycles. The highest BCUT2D eigenvalue weighted by Gasteiger charge is 2.18. The summed E-state index contributed by atoms with van der Waals surface area (Å²) in [4.78, 5) is 15.3. The average molecular weight is 648 g/mol. The van der Waals surface area contributed by atoms with Crippen molar-refractivity contribution in [3.63, 3.8) is 0 Å². The minimum Gasteiger partial charge on any atom is -0.208 e. The second kappa shape index (κ2) is 10.9. The van der Waals surface area contributed by atoms with Gasteiger partial charge in [0.1, 0.15) is 0 Å².